The number of aryl methyl sites for hydroxylation is 1. The van der Waals surface area contributed by atoms with Gasteiger partial charge >= 0.3 is 0 Å². The molecule has 0 saturated carbocycles. The molecule has 114 valence electrons. The van der Waals surface area contributed by atoms with Crippen molar-refractivity contribution in [3.63, 3.8) is 0 Å². The Balaban J connectivity index is 1.69. The van der Waals surface area contributed by atoms with Crippen LogP contribution in [0.1, 0.15) is 33.9 Å². The van der Waals surface area contributed by atoms with E-state index in [1.807, 2.05) is 18.0 Å². The molecule has 2 heterocycles. The highest BCUT2D eigenvalue weighted by Crippen LogP contribution is 2.59. The van der Waals surface area contributed by atoms with Crippen molar-refractivity contribution in [1.82, 2.24) is 4.98 Å². The highest BCUT2D eigenvalue weighted by Gasteiger charge is 2.54. The molecule has 0 bridgehead atoms. The number of nitrogens with two attached hydrogens (primary N) is 1. The van der Waals surface area contributed by atoms with Crippen molar-refractivity contribution in [3.8, 4) is 0 Å². The number of nitrogens with one attached hydrogen (secondary N) is 1. The molecule has 0 radical (unpaired) electrons. The minimum Gasteiger partial charge on any atom is -0.369 e. The molecule has 22 heavy (non-hydrogen) atoms. The predicted molar refractivity (Wildman–Crippen MR) is 89.7 cm³/mol. The van der Waals surface area contributed by atoms with Gasteiger partial charge in [-0.1, -0.05) is 29.8 Å². The number of amides is 1. The first-order valence-corrected chi connectivity index (χ1v) is 8.69. The van der Waals surface area contributed by atoms with Crippen LogP contribution >= 0.6 is 11.8 Å². The van der Waals surface area contributed by atoms with Gasteiger partial charge in [0.15, 0.2) is 0 Å². The molecule has 3 atom stereocenters. The van der Waals surface area contributed by atoms with Crippen LogP contribution in [0.3, 0.4) is 0 Å². The number of hydrogen-bond donors (Lipinski definition) is 2. The maximum absolute atomic E-state index is 12.3. The third-order valence-electron chi connectivity index (χ3n) is 5.27. The Hall–Kier alpha value is -1.68. The van der Waals surface area contributed by atoms with E-state index < -0.39 is 5.41 Å². The first-order valence-electron chi connectivity index (χ1n) is 7.75. The third kappa shape index (κ3) is 2.01. The second-order valence-electron chi connectivity index (χ2n) is 6.64. The lowest BCUT2D eigenvalue weighted by Gasteiger charge is -2.35. The number of thioether (sulfide) groups is 1. The van der Waals surface area contributed by atoms with E-state index in [9.17, 15) is 4.79 Å². The van der Waals surface area contributed by atoms with Crippen LogP contribution in [0, 0.1) is 12.3 Å². The Morgan fingerprint density at radius 3 is 2.73 bits per heavy atom. The fraction of sp³-hybridized carbons (Fsp3) is 0.389. The number of benzene rings is 1. The average molecular weight is 312 g/mol. The average Bonchev–Trinajstić information content (AvgIpc) is 3.08. The smallest absolute Gasteiger partial charge is 0.225 e. The molecule has 3 N–H and O–H groups in total. The lowest BCUT2D eigenvalue weighted by Crippen LogP contribution is -2.47. The number of primary amides is 1. The summed E-state index contributed by atoms with van der Waals surface area (Å²) in [6, 6.07) is 8.69. The van der Waals surface area contributed by atoms with Gasteiger partial charge in [0.1, 0.15) is 0 Å². The molecule has 1 amide bonds. The molecule has 2 aliphatic rings. The molecule has 1 aliphatic carbocycles. The predicted octanol–water partition coefficient (Wildman–Crippen LogP) is 3.14. The Morgan fingerprint density at radius 2 is 2.00 bits per heavy atom. The van der Waals surface area contributed by atoms with Gasteiger partial charge in [0, 0.05) is 22.9 Å². The quantitative estimate of drug-likeness (QED) is 0.895. The molecule has 1 fully saturated rings. The second kappa shape index (κ2) is 4.92. The summed E-state index contributed by atoms with van der Waals surface area (Å²) < 4.78 is 0. The molecule has 4 heteroatoms. The number of H-pyrrole nitrogens is 1. The van der Waals surface area contributed by atoms with Crippen LogP contribution < -0.4 is 5.73 Å². The monoisotopic (exact) mass is 312 g/mol. The lowest BCUT2D eigenvalue weighted by molar-refractivity contribution is -0.128. The maximum Gasteiger partial charge on any atom is 0.225 e. The Bertz CT molecular complexity index is 721. The van der Waals surface area contributed by atoms with Crippen LogP contribution in [0.4, 0.5) is 0 Å². The second-order valence-corrected chi connectivity index (χ2v) is 8.05. The van der Waals surface area contributed by atoms with E-state index in [4.69, 9.17) is 5.73 Å². The minimum absolute atomic E-state index is 0.133. The van der Waals surface area contributed by atoms with Crippen LogP contribution in [0.15, 0.2) is 36.7 Å². The Morgan fingerprint density at radius 1 is 1.27 bits per heavy atom. The molecule has 4 rings (SSSR count). The molecular formula is C18H20N2OS. The van der Waals surface area contributed by atoms with Crippen molar-refractivity contribution in [2.24, 2.45) is 11.1 Å². The van der Waals surface area contributed by atoms with Crippen LogP contribution in [0.25, 0.3) is 0 Å². The normalized spacial score (nSPS) is 29.9. The van der Waals surface area contributed by atoms with Gasteiger partial charge in [-0.3, -0.25) is 4.79 Å². The zero-order valence-electron chi connectivity index (χ0n) is 12.6. The molecule has 2 aromatic rings. The highest BCUT2D eigenvalue weighted by molar-refractivity contribution is 8.00. The van der Waals surface area contributed by atoms with E-state index in [0.717, 1.165) is 19.3 Å². The van der Waals surface area contributed by atoms with E-state index in [1.54, 1.807) is 0 Å². The van der Waals surface area contributed by atoms with Gasteiger partial charge in [-0.05, 0) is 42.9 Å². The Kier molecular flexibility index (Phi) is 3.12. The molecule has 1 saturated heterocycles. The summed E-state index contributed by atoms with van der Waals surface area (Å²) in [5.74, 6) is -0.133. The minimum atomic E-state index is -0.393. The van der Waals surface area contributed by atoms with E-state index in [2.05, 4.69) is 42.4 Å². The van der Waals surface area contributed by atoms with Gasteiger partial charge in [0.25, 0.3) is 0 Å². The summed E-state index contributed by atoms with van der Waals surface area (Å²) in [6.45, 7) is 2.10. The largest absolute Gasteiger partial charge is 0.369 e. The summed E-state index contributed by atoms with van der Waals surface area (Å²) in [5, 5.41) is 0.658. The van der Waals surface area contributed by atoms with E-state index in [1.165, 1.54) is 22.3 Å². The number of carbonyl (C=O) groups is 1. The van der Waals surface area contributed by atoms with E-state index in [-0.39, 0.29) is 5.91 Å². The first-order chi connectivity index (χ1) is 10.6. The fourth-order valence-corrected chi connectivity index (χ4v) is 5.85. The summed E-state index contributed by atoms with van der Waals surface area (Å²) in [7, 11) is 0. The van der Waals surface area contributed by atoms with Crippen molar-refractivity contribution in [2.75, 3.05) is 0 Å². The van der Waals surface area contributed by atoms with Crippen molar-refractivity contribution in [3.05, 3.63) is 58.9 Å². The van der Waals surface area contributed by atoms with Crippen LogP contribution in [-0.2, 0) is 17.6 Å². The van der Waals surface area contributed by atoms with Crippen molar-refractivity contribution in [2.45, 2.75) is 36.7 Å². The Labute approximate surface area is 134 Å². The highest BCUT2D eigenvalue weighted by atomic mass is 32.2. The number of rotatable bonds is 2. The summed E-state index contributed by atoms with van der Waals surface area (Å²) in [5.41, 5.74) is 10.7. The zero-order valence-corrected chi connectivity index (χ0v) is 13.5. The standard InChI is InChI=1S/C18H20N2OS/c1-11-2-4-12(5-3-11)15-8-18(17(19)21)7-14-10-20-9-13(14)6-16(18)22-15/h2-5,9-10,15-16,20H,6-8H2,1H3,(H2,19,21). The SMILES string of the molecule is Cc1ccc(C2CC3(C(N)=O)Cc4c[nH]cc4CC3S2)cc1. The number of carbonyl (C=O) groups excluding carboxylic acids is 1. The lowest BCUT2D eigenvalue weighted by atomic mass is 9.69. The number of fused-ring (bicyclic) bond motifs is 2. The summed E-state index contributed by atoms with van der Waals surface area (Å²) in [6.07, 6.45) is 6.67. The summed E-state index contributed by atoms with van der Waals surface area (Å²) in [4.78, 5) is 15.5. The van der Waals surface area contributed by atoms with E-state index in [0.29, 0.717) is 10.5 Å². The van der Waals surface area contributed by atoms with Crippen LogP contribution in [-0.4, -0.2) is 16.1 Å². The first kappa shape index (κ1) is 13.9. The molecule has 1 aromatic carbocycles. The van der Waals surface area contributed by atoms with Gasteiger partial charge < -0.3 is 10.7 Å². The molecule has 3 nitrogen and oxygen atoms in total. The molecule has 1 aromatic heterocycles. The third-order valence-corrected chi connectivity index (χ3v) is 6.99. The molecule has 0 spiro atoms. The van der Waals surface area contributed by atoms with Gasteiger partial charge in [-0.25, -0.2) is 0 Å². The van der Waals surface area contributed by atoms with Gasteiger partial charge in [-0.2, -0.15) is 0 Å². The molecule has 1 aliphatic heterocycles. The van der Waals surface area contributed by atoms with Crippen LogP contribution in [0.5, 0.6) is 0 Å². The topological polar surface area (TPSA) is 58.9 Å². The number of aromatic nitrogens is 1. The van der Waals surface area contributed by atoms with Gasteiger partial charge in [0.2, 0.25) is 5.91 Å². The molecule has 3 unspecified atom stereocenters. The molecular weight excluding hydrogens is 292 g/mol. The number of hydrogen-bond acceptors (Lipinski definition) is 2. The summed E-state index contributed by atoms with van der Waals surface area (Å²) >= 11 is 1.93. The van der Waals surface area contributed by atoms with Crippen LogP contribution in [0.2, 0.25) is 0 Å². The van der Waals surface area contributed by atoms with Gasteiger partial charge in [-0.15, -0.1) is 11.8 Å². The van der Waals surface area contributed by atoms with Crippen molar-refractivity contribution < 1.29 is 4.79 Å². The van der Waals surface area contributed by atoms with E-state index >= 15 is 0 Å². The van der Waals surface area contributed by atoms with Crippen molar-refractivity contribution in [1.29, 1.82) is 0 Å². The fourth-order valence-electron chi connectivity index (χ4n) is 3.91. The van der Waals surface area contributed by atoms with Crippen molar-refractivity contribution >= 4 is 17.7 Å². The maximum atomic E-state index is 12.3. The van der Waals surface area contributed by atoms with Gasteiger partial charge in [0.05, 0.1) is 5.41 Å². The zero-order chi connectivity index (χ0) is 15.3. The number of aromatic amines is 1.